The fraction of sp³-hybridized carbons (Fsp3) is 0.200. The van der Waals surface area contributed by atoms with Crippen LogP contribution in [-0.4, -0.2) is 18.1 Å². The molecule has 0 aliphatic rings. The maximum Gasteiger partial charge on any atom is 0.273 e. The van der Waals surface area contributed by atoms with Crippen LogP contribution >= 0.6 is 11.8 Å². The lowest BCUT2D eigenvalue weighted by Gasteiger charge is -2.09. The molecule has 3 rings (SSSR count). The molecule has 7 heteroatoms. The van der Waals surface area contributed by atoms with Crippen LogP contribution in [0.1, 0.15) is 12.0 Å². The second-order valence-electron chi connectivity index (χ2n) is 5.87. The van der Waals surface area contributed by atoms with Crippen molar-refractivity contribution in [2.75, 3.05) is 13.2 Å². The Morgan fingerprint density at radius 3 is 2.70 bits per heavy atom. The van der Waals surface area contributed by atoms with Crippen LogP contribution in [0, 0.1) is 15.0 Å². The molecule has 0 saturated heterocycles. The molecule has 0 aliphatic carbocycles. The predicted octanol–water partition coefficient (Wildman–Crippen LogP) is 5.58. The van der Waals surface area contributed by atoms with Crippen molar-refractivity contribution in [2.45, 2.75) is 17.1 Å². The first kappa shape index (κ1) is 18.8. The topological polar surface area (TPSA) is 81.8 Å². The van der Waals surface area contributed by atoms with Crippen molar-refractivity contribution in [1.29, 1.82) is 0 Å². The van der Waals surface area contributed by atoms with E-state index in [2.05, 4.69) is 5.18 Å². The molecule has 3 aromatic carbocycles. The molecule has 0 saturated carbocycles. The van der Waals surface area contributed by atoms with E-state index in [-0.39, 0.29) is 17.2 Å². The quantitative estimate of drug-likeness (QED) is 0.159. The number of ether oxygens (including phenoxy) is 1. The molecule has 0 bridgehead atoms. The first-order chi connectivity index (χ1) is 13.2. The molecule has 0 radical (unpaired) electrons. The molecule has 0 N–H and O–H groups in total. The molecule has 138 valence electrons. The minimum absolute atomic E-state index is 0.0737. The van der Waals surface area contributed by atoms with Gasteiger partial charge < -0.3 is 4.74 Å². The number of hydrogen-bond donors (Lipinski definition) is 0. The molecule has 0 atom stereocenters. The second-order valence-corrected chi connectivity index (χ2v) is 6.89. The van der Waals surface area contributed by atoms with E-state index in [1.165, 1.54) is 6.07 Å². The molecular formula is C20H18N2O4S. The van der Waals surface area contributed by atoms with Crippen molar-refractivity contribution in [1.82, 2.24) is 0 Å². The zero-order valence-electron chi connectivity index (χ0n) is 14.5. The summed E-state index contributed by atoms with van der Waals surface area (Å²) in [5.74, 6) is 1.01. The van der Waals surface area contributed by atoms with Crippen LogP contribution in [0.4, 0.5) is 5.69 Å². The SMILES string of the molecule is O=NCCCOc1ccc([N+](=O)[O-])c(CSc2cccc3ccccc23)c1. The third-order valence-corrected chi connectivity index (χ3v) is 5.17. The third kappa shape index (κ3) is 4.83. The molecular weight excluding hydrogens is 364 g/mol. The number of nitrogens with zero attached hydrogens (tertiary/aromatic N) is 2. The van der Waals surface area contributed by atoms with Gasteiger partial charge >= 0.3 is 0 Å². The minimum Gasteiger partial charge on any atom is -0.494 e. The number of thioether (sulfide) groups is 1. The minimum atomic E-state index is -0.376. The molecule has 0 heterocycles. The van der Waals surface area contributed by atoms with Crippen LogP contribution in [-0.2, 0) is 5.75 Å². The highest BCUT2D eigenvalue weighted by molar-refractivity contribution is 7.98. The molecule has 0 amide bonds. The predicted molar refractivity (Wildman–Crippen MR) is 107 cm³/mol. The van der Waals surface area contributed by atoms with E-state index in [1.54, 1.807) is 23.9 Å². The molecule has 0 fully saturated rings. The maximum absolute atomic E-state index is 11.4. The highest BCUT2D eigenvalue weighted by Crippen LogP contribution is 2.34. The van der Waals surface area contributed by atoms with E-state index in [9.17, 15) is 15.0 Å². The summed E-state index contributed by atoms with van der Waals surface area (Å²) in [4.78, 5) is 22.2. The highest BCUT2D eigenvalue weighted by Gasteiger charge is 2.15. The van der Waals surface area contributed by atoms with Crippen LogP contribution in [0.3, 0.4) is 0 Å². The zero-order valence-corrected chi connectivity index (χ0v) is 15.4. The Morgan fingerprint density at radius 2 is 1.89 bits per heavy atom. The van der Waals surface area contributed by atoms with Crippen molar-refractivity contribution < 1.29 is 9.66 Å². The zero-order chi connectivity index (χ0) is 19.1. The number of fused-ring (bicyclic) bond motifs is 1. The van der Waals surface area contributed by atoms with Crippen LogP contribution in [0.5, 0.6) is 5.75 Å². The average Bonchev–Trinajstić information content (AvgIpc) is 2.69. The summed E-state index contributed by atoms with van der Waals surface area (Å²) in [5.41, 5.74) is 0.675. The van der Waals surface area contributed by atoms with Gasteiger partial charge in [0.25, 0.3) is 5.69 Å². The molecule has 6 nitrogen and oxygen atoms in total. The Hall–Kier alpha value is -2.93. The van der Waals surface area contributed by atoms with Gasteiger partial charge in [0.15, 0.2) is 0 Å². The normalized spacial score (nSPS) is 10.7. The van der Waals surface area contributed by atoms with Crippen molar-refractivity contribution in [2.24, 2.45) is 5.18 Å². The van der Waals surface area contributed by atoms with E-state index in [1.807, 2.05) is 42.5 Å². The standard InChI is InChI=1S/C20H18N2O4S/c23-21-11-4-12-26-17-9-10-19(22(24)25)16(13-17)14-27-20-8-3-6-15-5-1-2-7-18(15)20/h1-3,5-10,13H,4,11-12,14H2. The van der Waals surface area contributed by atoms with Crippen LogP contribution < -0.4 is 4.74 Å². The summed E-state index contributed by atoms with van der Waals surface area (Å²) in [6, 6.07) is 18.9. The Morgan fingerprint density at radius 1 is 1.07 bits per heavy atom. The fourth-order valence-electron chi connectivity index (χ4n) is 2.74. The van der Waals surface area contributed by atoms with Crippen LogP contribution in [0.15, 0.2) is 70.7 Å². The van der Waals surface area contributed by atoms with Gasteiger partial charge in [0.2, 0.25) is 0 Å². The lowest BCUT2D eigenvalue weighted by molar-refractivity contribution is -0.385. The number of benzene rings is 3. The summed E-state index contributed by atoms with van der Waals surface area (Å²) < 4.78 is 5.58. The number of nitroso groups, excluding NO2 is 1. The Balaban J connectivity index is 1.79. The molecule has 0 aromatic heterocycles. The van der Waals surface area contributed by atoms with Gasteiger partial charge in [-0.25, -0.2) is 0 Å². The van der Waals surface area contributed by atoms with Crippen LogP contribution in [0.25, 0.3) is 10.8 Å². The third-order valence-electron chi connectivity index (χ3n) is 4.04. The smallest absolute Gasteiger partial charge is 0.273 e. The van der Waals surface area contributed by atoms with Gasteiger partial charge in [0, 0.05) is 28.7 Å². The maximum atomic E-state index is 11.4. The lowest BCUT2D eigenvalue weighted by atomic mass is 10.1. The van der Waals surface area contributed by atoms with Gasteiger partial charge in [-0.2, -0.15) is 4.91 Å². The van der Waals surface area contributed by atoms with Gasteiger partial charge in [-0.3, -0.25) is 10.1 Å². The first-order valence-corrected chi connectivity index (χ1v) is 9.47. The Bertz CT molecular complexity index is 956. The molecule has 0 unspecified atom stereocenters. The van der Waals surface area contributed by atoms with Gasteiger partial charge in [-0.1, -0.05) is 41.6 Å². The number of nitro groups is 1. The number of nitro benzene ring substituents is 1. The fourth-order valence-corrected chi connectivity index (χ4v) is 3.80. The van der Waals surface area contributed by atoms with Gasteiger partial charge in [-0.15, -0.1) is 11.8 Å². The first-order valence-electron chi connectivity index (χ1n) is 8.49. The van der Waals surface area contributed by atoms with E-state index in [0.29, 0.717) is 30.1 Å². The van der Waals surface area contributed by atoms with Gasteiger partial charge in [-0.05, 0) is 29.0 Å². The van der Waals surface area contributed by atoms with Crippen molar-refractivity contribution in [3.8, 4) is 5.75 Å². The Kier molecular flexibility index (Phi) is 6.38. The average molecular weight is 382 g/mol. The number of rotatable bonds is 9. The molecule has 27 heavy (non-hydrogen) atoms. The Labute approximate surface area is 160 Å². The number of hydrogen-bond acceptors (Lipinski definition) is 6. The molecule has 0 spiro atoms. The van der Waals surface area contributed by atoms with Crippen molar-refractivity contribution >= 4 is 28.2 Å². The summed E-state index contributed by atoms with van der Waals surface area (Å²) in [6.07, 6.45) is 0.514. The summed E-state index contributed by atoms with van der Waals surface area (Å²) >= 11 is 1.56. The van der Waals surface area contributed by atoms with Gasteiger partial charge in [0.1, 0.15) is 5.75 Å². The summed E-state index contributed by atoms with van der Waals surface area (Å²) in [7, 11) is 0. The summed E-state index contributed by atoms with van der Waals surface area (Å²) in [6.45, 7) is 0.538. The monoisotopic (exact) mass is 382 g/mol. The second kappa shape index (κ2) is 9.14. The van der Waals surface area contributed by atoms with E-state index in [4.69, 9.17) is 4.74 Å². The van der Waals surface area contributed by atoms with Crippen LogP contribution in [0.2, 0.25) is 0 Å². The molecule has 3 aromatic rings. The summed E-state index contributed by atoms with van der Waals surface area (Å²) in [5, 5.41) is 16.4. The van der Waals surface area contributed by atoms with E-state index in [0.717, 1.165) is 15.7 Å². The van der Waals surface area contributed by atoms with E-state index < -0.39 is 0 Å². The molecule has 0 aliphatic heterocycles. The lowest BCUT2D eigenvalue weighted by Crippen LogP contribution is -2.01. The van der Waals surface area contributed by atoms with E-state index >= 15 is 0 Å². The van der Waals surface area contributed by atoms with Crippen molar-refractivity contribution in [3.05, 3.63) is 81.2 Å². The van der Waals surface area contributed by atoms with Crippen molar-refractivity contribution in [3.63, 3.8) is 0 Å². The largest absolute Gasteiger partial charge is 0.494 e. The highest BCUT2D eigenvalue weighted by atomic mass is 32.2. The van der Waals surface area contributed by atoms with Gasteiger partial charge in [0.05, 0.1) is 18.1 Å².